The molecular formula is C29H34N4O6S. The Morgan fingerprint density at radius 2 is 1.80 bits per heavy atom. The molecule has 0 saturated carbocycles. The van der Waals surface area contributed by atoms with Crippen LogP contribution >= 0.6 is 11.3 Å². The van der Waals surface area contributed by atoms with Crippen molar-refractivity contribution in [1.29, 1.82) is 0 Å². The molecule has 1 heterocycles. The Morgan fingerprint density at radius 3 is 2.40 bits per heavy atom. The predicted octanol–water partition coefficient (Wildman–Crippen LogP) is 4.38. The summed E-state index contributed by atoms with van der Waals surface area (Å²) in [5, 5.41) is 9.35. The number of carbonyl (C=O) groups excluding carboxylic acids is 2. The van der Waals surface area contributed by atoms with E-state index in [1.807, 2.05) is 26.0 Å². The number of amides is 2. The first-order chi connectivity index (χ1) is 19.1. The van der Waals surface area contributed by atoms with Crippen LogP contribution in [0.1, 0.15) is 48.0 Å². The number of aryl methyl sites for hydroxylation is 3. The third-order valence-electron chi connectivity index (χ3n) is 6.94. The number of thiazole rings is 1. The third-order valence-corrected chi connectivity index (χ3v) is 7.93. The topological polar surface area (TPSA) is 128 Å². The highest BCUT2D eigenvalue weighted by Gasteiger charge is 2.29. The summed E-state index contributed by atoms with van der Waals surface area (Å²) in [4.78, 5) is 43.9. The van der Waals surface area contributed by atoms with Crippen LogP contribution in [-0.4, -0.2) is 44.2 Å². The van der Waals surface area contributed by atoms with Gasteiger partial charge in [-0.1, -0.05) is 6.07 Å². The van der Waals surface area contributed by atoms with Crippen LogP contribution in [0.4, 0.5) is 10.8 Å². The van der Waals surface area contributed by atoms with Gasteiger partial charge in [0.1, 0.15) is 6.04 Å². The molecule has 11 heteroatoms. The zero-order valence-corrected chi connectivity index (χ0v) is 24.5. The van der Waals surface area contributed by atoms with Crippen molar-refractivity contribution >= 4 is 34.0 Å². The number of nitrogens with one attached hydrogen (secondary N) is 3. The highest BCUT2D eigenvalue weighted by Crippen LogP contribution is 2.50. The molecule has 2 amide bonds. The Labute approximate surface area is 237 Å². The normalized spacial score (nSPS) is 14.6. The van der Waals surface area contributed by atoms with E-state index in [1.54, 1.807) is 27.2 Å². The molecular weight excluding hydrogens is 532 g/mol. The van der Waals surface area contributed by atoms with E-state index in [4.69, 9.17) is 14.2 Å². The van der Waals surface area contributed by atoms with E-state index in [-0.39, 0.29) is 22.9 Å². The number of fused-ring (bicyclic) bond motifs is 3. The summed E-state index contributed by atoms with van der Waals surface area (Å²) in [6.45, 7) is 6.95. The maximum absolute atomic E-state index is 13.5. The first kappa shape index (κ1) is 28.9. The molecule has 1 aliphatic rings. The largest absolute Gasteiger partial charge is 0.493 e. The lowest BCUT2D eigenvalue weighted by atomic mass is 9.95. The molecule has 3 N–H and O–H groups in total. The molecule has 0 spiro atoms. The number of carbonyl (C=O) groups is 2. The molecule has 212 valence electrons. The maximum atomic E-state index is 13.5. The molecule has 0 unspecified atom stereocenters. The maximum Gasteiger partial charge on any atom is 0.248 e. The summed E-state index contributed by atoms with van der Waals surface area (Å²) in [5.41, 5.74) is 3.81. The zero-order chi connectivity index (χ0) is 29.1. The minimum atomic E-state index is -0.725. The fourth-order valence-corrected chi connectivity index (χ4v) is 5.68. The van der Waals surface area contributed by atoms with Crippen molar-refractivity contribution in [3.05, 3.63) is 56.2 Å². The highest BCUT2D eigenvalue weighted by atomic mass is 32.1. The fraction of sp³-hybridized carbons (Fsp3) is 0.379. The van der Waals surface area contributed by atoms with Gasteiger partial charge in [-0.25, -0.2) is 4.98 Å². The lowest BCUT2D eigenvalue weighted by Crippen LogP contribution is -2.33. The summed E-state index contributed by atoms with van der Waals surface area (Å²) in [6.07, 6.45) is 1.15. The second kappa shape index (κ2) is 12.0. The first-order valence-electron chi connectivity index (χ1n) is 12.9. The molecule has 0 bridgehead atoms. The summed E-state index contributed by atoms with van der Waals surface area (Å²) < 4.78 is 17.0. The van der Waals surface area contributed by atoms with Gasteiger partial charge >= 0.3 is 0 Å². The molecule has 2 atom stereocenters. The van der Waals surface area contributed by atoms with E-state index < -0.39 is 12.1 Å². The molecule has 0 fully saturated rings. The SMILES string of the molecule is COc1cc2c(c(OC)c1OC)-c1ccc(N[C@@H](C)C(=O)Nc3nc(C)c(C)s3)c(=O)cc1[C@H](NC(C)=O)CC2. The quantitative estimate of drug-likeness (QED) is 0.367. The standard InChI is InChI=1S/C29H34N4O6S/c1-14-16(3)40-29(31-14)33-28(36)15(2)30-22-11-9-19-20(13-23(22)35)21(32-17(4)34)10-8-18-12-24(37-5)26(38-6)27(39-7)25(18)19/h9,11-13,15,21H,8,10H2,1-7H3,(H,30,35)(H,32,34)(H,31,33,36)/t15-,21+/m0/s1. The minimum absolute atomic E-state index is 0.209. The number of rotatable bonds is 8. The van der Waals surface area contributed by atoms with Crippen molar-refractivity contribution in [2.24, 2.45) is 0 Å². The van der Waals surface area contributed by atoms with E-state index in [1.165, 1.54) is 31.4 Å². The number of hydrogen-bond donors (Lipinski definition) is 3. The van der Waals surface area contributed by atoms with Gasteiger partial charge in [0.05, 0.1) is 38.8 Å². The van der Waals surface area contributed by atoms with Gasteiger partial charge in [0.15, 0.2) is 16.6 Å². The van der Waals surface area contributed by atoms with Gasteiger partial charge in [-0.3, -0.25) is 14.4 Å². The molecule has 2 aromatic carbocycles. The van der Waals surface area contributed by atoms with Gasteiger partial charge in [0.25, 0.3) is 0 Å². The first-order valence-corrected chi connectivity index (χ1v) is 13.7. The summed E-state index contributed by atoms with van der Waals surface area (Å²) in [7, 11) is 4.65. The number of hydrogen-bond acceptors (Lipinski definition) is 9. The monoisotopic (exact) mass is 566 g/mol. The van der Waals surface area contributed by atoms with Crippen LogP contribution in [0, 0.1) is 13.8 Å². The van der Waals surface area contributed by atoms with Gasteiger partial charge < -0.3 is 30.2 Å². The number of methoxy groups -OCH3 is 3. The lowest BCUT2D eigenvalue weighted by molar-refractivity contribution is -0.119. The van der Waals surface area contributed by atoms with Crippen LogP contribution < -0.4 is 35.6 Å². The average molecular weight is 567 g/mol. The van der Waals surface area contributed by atoms with Gasteiger partial charge in [-0.15, -0.1) is 11.3 Å². The second-order valence-corrected chi connectivity index (χ2v) is 10.8. The van der Waals surface area contributed by atoms with E-state index in [9.17, 15) is 14.4 Å². The number of ether oxygens (including phenoxy) is 3. The van der Waals surface area contributed by atoms with Crippen molar-refractivity contribution in [2.75, 3.05) is 32.0 Å². The van der Waals surface area contributed by atoms with Crippen LogP contribution in [-0.2, 0) is 16.0 Å². The van der Waals surface area contributed by atoms with Crippen molar-refractivity contribution in [2.45, 2.75) is 52.6 Å². The van der Waals surface area contributed by atoms with E-state index >= 15 is 0 Å². The predicted molar refractivity (Wildman–Crippen MR) is 156 cm³/mol. The van der Waals surface area contributed by atoms with E-state index in [2.05, 4.69) is 20.9 Å². The van der Waals surface area contributed by atoms with E-state index in [0.717, 1.165) is 21.7 Å². The average Bonchev–Trinajstić information content (AvgIpc) is 3.05. The minimum Gasteiger partial charge on any atom is -0.493 e. The van der Waals surface area contributed by atoms with Gasteiger partial charge in [0.2, 0.25) is 23.0 Å². The molecule has 4 rings (SSSR count). The van der Waals surface area contributed by atoms with Crippen LogP contribution in [0.2, 0.25) is 0 Å². The van der Waals surface area contributed by atoms with Crippen LogP contribution in [0.3, 0.4) is 0 Å². The van der Waals surface area contributed by atoms with Crippen molar-refractivity contribution < 1.29 is 23.8 Å². The van der Waals surface area contributed by atoms with Crippen LogP contribution in [0.5, 0.6) is 17.2 Å². The smallest absolute Gasteiger partial charge is 0.248 e. The molecule has 0 saturated heterocycles. The number of benzene rings is 1. The number of nitrogens with zero attached hydrogens (tertiary/aromatic N) is 1. The van der Waals surface area contributed by atoms with Crippen molar-refractivity contribution in [3.8, 4) is 28.4 Å². The number of aromatic nitrogens is 1. The van der Waals surface area contributed by atoms with Gasteiger partial charge in [-0.2, -0.15) is 0 Å². The van der Waals surface area contributed by atoms with E-state index in [0.29, 0.717) is 46.3 Å². The molecule has 3 aromatic rings. The van der Waals surface area contributed by atoms with Gasteiger partial charge in [-0.05, 0) is 68.5 Å². The third kappa shape index (κ3) is 5.74. The highest BCUT2D eigenvalue weighted by molar-refractivity contribution is 7.15. The Morgan fingerprint density at radius 1 is 1.07 bits per heavy atom. The van der Waals surface area contributed by atoms with Gasteiger partial charge in [0, 0.05) is 17.4 Å². The van der Waals surface area contributed by atoms with Crippen molar-refractivity contribution in [3.63, 3.8) is 0 Å². The Kier molecular flexibility index (Phi) is 8.63. The fourth-order valence-electron chi connectivity index (χ4n) is 4.87. The summed E-state index contributed by atoms with van der Waals surface area (Å²) in [6, 6.07) is 5.73. The Bertz CT molecular complexity index is 1500. The summed E-state index contributed by atoms with van der Waals surface area (Å²) in [5.74, 6) is 0.894. The second-order valence-electron chi connectivity index (χ2n) is 9.61. The molecule has 0 radical (unpaired) electrons. The Balaban J connectivity index is 1.80. The molecule has 1 aliphatic carbocycles. The summed E-state index contributed by atoms with van der Waals surface area (Å²) >= 11 is 1.40. The molecule has 1 aromatic heterocycles. The molecule has 10 nitrogen and oxygen atoms in total. The molecule has 0 aliphatic heterocycles. The van der Waals surface area contributed by atoms with Crippen LogP contribution in [0.15, 0.2) is 29.1 Å². The zero-order valence-electron chi connectivity index (χ0n) is 23.7. The Hall–Kier alpha value is -4.12. The lowest BCUT2D eigenvalue weighted by Gasteiger charge is -2.19. The van der Waals surface area contributed by atoms with Crippen molar-refractivity contribution in [1.82, 2.24) is 10.3 Å². The molecule has 40 heavy (non-hydrogen) atoms. The number of anilines is 2. The van der Waals surface area contributed by atoms with Crippen LogP contribution in [0.25, 0.3) is 11.1 Å².